The third-order valence-corrected chi connectivity index (χ3v) is 5.28. The fourth-order valence-corrected chi connectivity index (χ4v) is 3.76. The second-order valence-electron chi connectivity index (χ2n) is 7.11. The Bertz CT molecular complexity index is 682. The molecule has 2 atom stereocenters. The van der Waals surface area contributed by atoms with E-state index in [0.29, 0.717) is 24.4 Å². The van der Waals surface area contributed by atoms with Gasteiger partial charge in [0.05, 0.1) is 24.6 Å². The van der Waals surface area contributed by atoms with Crippen molar-refractivity contribution in [1.29, 1.82) is 0 Å². The summed E-state index contributed by atoms with van der Waals surface area (Å²) in [6.45, 7) is 4.42. The van der Waals surface area contributed by atoms with Crippen LogP contribution >= 0.6 is 0 Å². The Kier molecular flexibility index (Phi) is 4.98. The average Bonchev–Trinajstić information content (AvgIpc) is 2.76. The van der Waals surface area contributed by atoms with Crippen molar-refractivity contribution in [2.45, 2.75) is 58.3 Å². The molecule has 1 aromatic heterocycles. The molecule has 0 spiro atoms. The van der Waals surface area contributed by atoms with Gasteiger partial charge in [0.2, 0.25) is 11.8 Å². The summed E-state index contributed by atoms with van der Waals surface area (Å²) < 4.78 is 42.3. The number of nitrogens with zero attached hydrogens (tertiary/aromatic N) is 3. The van der Waals surface area contributed by atoms with Crippen LogP contribution in [0, 0.1) is 19.8 Å². The van der Waals surface area contributed by atoms with Gasteiger partial charge in [0.15, 0.2) is 0 Å². The molecule has 4 rings (SSSR count). The number of fused-ring (bicyclic) bond motifs is 4. The molecule has 6 nitrogen and oxygen atoms in total. The van der Waals surface area contributed by atoms with Crippen LogP contribution in [0.25, 0.3) is 0 Å². The number of hydrogen-bond donors (Lipinski definition) is 0. The van der Waals surface area contributed by atoms with Crippen molar-refractivity contribution in [2.24, 2.45) is 5.92 Å². The van der Waals surface area contributed by atoms with Crippen LogP contribution in [0.3, 0.4) is 0 Å². The Balaban J connectivity index is 1.72. The third-order valence-electron chi connectivity index (χ3n) is 5.28. The zero-order valence-electron chi connectivity index (χ0n) is 14.8. The summed E-state index contributed by atoms with van der Waals surface area (Å²) in [7, 11) is 0. The Labute approximate surface area is 149 Å². The maximum Gasteiger partial charge on any atom is 0.389 e. The van der Waals surface area contributed by atoms with Gasteiger partial charge in [-0.2, -0.15) is 13.2 Å². The first-order chi connectivity index (χ1) is 12.2. The minimum absolute atomic E-state index is 0.0487. The quantitative estimate of drug-likeness (QED) is 0.814. The van der Waals surface area contributed by atoms with E-state index >= 15 is 0 Å². The minimum Gasteiger partial charge on any atom is -0.361 e. The molecule has 0 radical (unpaired) electrons. The fourth-order valence-electron chi connectivity index (χ4n) is 3.76. The van der Waals surface area contributed by atoms with E-state index in [1.807, 2.05) is 0 Å². The van der Waals surface area contributed by atoms with Gasteiger partial charge in [-0.05, 0) is 26.7 Å². The number of aromatic nitrogens is 1. The lowest BCUT2D eigenvalue weighted by Crippen LogP contribution is -2.47. The molecule has 4 heterocycles. The van der Waals surface area contributed by atoms with Crippen LogP contribution in [0.4, 0.5) is 13.2 Å². The van der Waals surface area contributed by atoms with E-state index in [1.54, 1.807) is 18.7 Å². The molecule has 3 aliphatic heterocycles. The van der Waals surface area contributed by atoms with Gasteiger partial charge in [0, 0.05) is 31.1 Å². The van der Waals surface area contributed by atoms with Crippen LogP contribution in [-0.2, 0) is 16.1 Å². The first-order valence-electron chi connectivity index (χ1n) is 8.72. The lowest BCUT2D eigenvalue weighted by atomic mass is 9.93. The number of aryl methyl sites for hydroxylation is 2. The van der Waals surface area contributed by atoms with Crippen LogP contribution < -0.4 is 0 Å². The van der Waals surface area contributed by atoms with Crippen molar-refractivity contribution >= 4 is 11.8 Å². The first-order valence-corrected chi connectivity index (χ1v) is 8.72. The van der Waals surface area contributed by atoms with Crippen molar-refractivity contribution < 1.29 is 27.3 Å². The molecule has 2 amide bonds. The highest BCUT2D eigenvalue weighted by atomic mass is 19.4. The number of carbonyl (C=O) groups is 2. The standard InChI is InChI=1S/C17H22F3N3O3/c1-10-14(11(2)26-21-10)9-23-13-4-3-12(16(23)25)7-22(8-13)15(24)5-6-17(18,19)20/h12-13H,3-9H2,1-2H3/t12-,13+/m1/s1. The molecule has 0 N–H and O–H groups in total. The van der Waals surface area contributed by atoms with Gasteiger partial charge in [-0.3, -0.25) is 9.59 Å². The SMILES string of the molecule is Cc1noc(C)c1CN1C(=O)[C@@H]2CC[C@H]1CN(C(=O)CCC(F)(F)F)C2. The molecule has 0 aliphatic carbocycles. The number of rotatable bonds is 4. The summed E-state index contributed by atoms with van der Waals surface area (Å²) in [6.07, 6.45) is -4.66. The number of piperidine rings is 1. The predicted octanol–water partition coefficient (Wildman–Crippen LogP) is 2.58. The number of hydrogen-bond acceptors (Lipinski definition) is 4. The summed E-state index contributed by atoms with van der Waals surface area (Å²) >= 11 is 0. The summed E-state index contributed by atoms with van der Waals surface area (Å²) in [6, 6.07) is -0.190. The van der Waals surface area contributed by atoms with Gasteiger partial charge in [0.25, 0.3) is 0 Å². The molecule has 0 saturated carbocycles. The van der Waals surface area contributed by atoms with Crippen LogP contribution in [0.15, 0.2) is 4.52 Å². The molecule has 0 unspecified atom stereocenters. The Morgan fingerprint density at radius 3 is 2.62 bits per heavy atom. The number of carbonyl (C=O) groups excluding carboxylic acids is 2. The van der Waals surface area contributed by atoms with Gasteiger partial charge >= 0.3 is 6.18 Å². The maximum atomic E-state index is 12.8. The normalized spacial score (nSPS) is 23.5. The van der Waals surface area contributed by atoms with Crippen molar-refractivity contribution in [1.82, 2.24) is 15.0 Å². The minimum atomic E-state index is -4.36. The van der Waals surface area contributed by atoms with Crippen molar-refractivity contribution in [2.75, 3.05) is 13.1 Å². The Hall–Kier alpha value is -2.06. The van der Waals surface area contributed by atoms with Gasteiger partial charge in [-0.1, -0.05) is 5.16 Å². The van der Waals surface area contributed by atoms with Crippen LogP contribution in [0.2, 0.25) is 0 Å². The molecule has 9 heteroatoms. The van der Waals surface area contributed by atoms with Crippen molar-refractivity contribution in [3.8, 4) is 0 Å². The van der Waals surface area contributed by atoms with E-state index in [-0.39, 0.29) is 31.0 Å². The lowest BCUT2D eigenvalue weighted by molar-refractivity contribution is -0.149. The molecular weight excluding hydrogens is 351 g/mol. The largest absolute Gasteiger partial charge is 0.389 e. The monoisotopic (exact) mass is 373 g/mol. The zero-order chi connectivity index (χ0) is 19.1. The van der Waals surface area contributed by atoms with Crippen LogP contribution in [0.1, 0.15) is 42.7 Å². The summed E-state index contributed by atoms with van der Waals surface area (Å²) in [5.74, 6) is -0.295. The highest BCUT2D eigenvalue weighted by molar-refractivity contribution is 5.83. The van der Waals surface area contributed by atoms with Gasteiger partial charge in [-0.15, -0.1) is 0 Å². The predicted molar refractivity (Wildman–Crippen MR) is 84.9 cm³/mol. The molecular formula is C17H22F3N3O3. The Morgan fingerprint density at radius 1 is 1.27 bits per heavy atom. The average molecular weight is 373 g/mol. The molecule has 0 aromatic carbocycles. The first kappa shape index (κ1) is 18.7. The molecule has 26 heavy (non-hydrogen) atoms. The summed E-state index contributed by atoms with van der Waals surface area (Å²) in [4.78, 5) is 28.2. The highest BCUT2D eigenvalue weighted by Gasteiger charge is 2.42. The van der Waals surface area contributed by atoms with Crippen molar-refractivity contribution in [3.05, 3.63) is 17.0 Å². The van der Waals surface area contributed by atoms with E-state index in [4.69, 9.17) is 4.52 Å². The van der Waals surface area contributed by atoms with E-state index < -0.39 is 24.9 Å². The molecule has 2 bridgehead atoms. The fraction of sp³-hybridized carbons (Fsp3) is 0.706. The van der Waals surface area contributed by atoms with Crippen molar-refractivity contribution in [3.63, 3.8) is 0 Å². The van der Waals surface area contributed by atoms with Gasteiger partial charge in [0.1, 0.15) is 5.76 Å². The van der Waals surface area contributed by atoms with E-state index in [1.165, 1.54) is 4.90 Å². The second kappa shape index (κ2) is 6.92. The summed E-state index contributed by atoms with van der Waals surface area (Å²) in [5.41, 5.74) is 1.56. The van der Waals surface area contributed by atoms with Crippen LogP contribution in [-0.4, -0.2) is 52.1 Å². The number of amides is 2. The third kappa shape index (κ3) is 3.86. The highest BCUT2D eigenvalue weighted by Crippen LogP contribution is 2.32. The topological polar surface area (TPSA) is 66.7 Å². The van der Waals surface area contributed by atoms with Gasteiger partial charge < -0.3 is 14.3 Å². The van der Waals surface area contributed by atoms with Crippen LogP contribution in [0.5, 0.6) is 0 Å². The lowest BCUT2D eigenvalue weighted by Gasteiger charge is -2.35. The molecule has 1 aromatic rings. The molecule has 3 aliphatic rings. The number of halogens is 3. The van der Waals surface area contributed by atoms with E-state index in [0.717, 1.165) is 12.0 Å². The maximum absolute atomic E-state index is 12.8. The number of alkyl halides is 3. The molecule has 144 valence electrons. The molecule has 3 fully saturated rings. The Morgan fingerprint density at radius 2 is 2.00 bits per heavy atom. The van der Waals surface area contributed by atoms with E-state index in [2.05, 4.69) is 5.16 Å². The zero-order valence-corrected chi connectivity index (χ0v) is 14.8. The second-order valence-corrected chi connectivity index (χ2v) is 7.11. The summed E-state index contributed by atoms with van der Waals surface area (Å²) in [5, 5.41) is 3.90. The van der Waals surface area contributed by atoms with Gasteiger partial charge in [-0.25, -0.2) is 0 Å². The van der Waals surface area contributed by atoms with E-state index in [9.17, 15) is 22.8 Å². The molecule has 3 saturated heterocycles. The smallest absolute Gasteiger partial charge is 0.361 e.